The molecule has 1 aliphatic heterocycles. The molecule has 1 heterocycles. The van der Waals surface area contributed by atoms with Crippen molar-refractivity contribution in [3.63, 3.8) is 0 Å². The maximum atomic E-state index is 12.9. The molecule has 3 N–H and O–H groups in total. The Morgan fingerprint density at radius 1 is 1.00 bits per heavy atom. The summed E-state index contributed by atoms with van der Waals surface area (Å²) in [6.07, 6.45) is 0.737. The lowest BCUT2D eigenvalue weighted by Crippen LogP contribution is -2.49. The quantitative estimate of drug-likeness (QED) is 0.525. The highest BCUT2D eigenvalue weighted by Crippen LogP contribution is 2.25. The molecular formula is C24H30N4O5S. The van der Waals surface area contributed by atoms with Crippen molar-refractivity contribution in [3.8, 4) is 0 Å². The number of nitrogens with zero attached hydrogens (tertiary/aromatic N) is 1. The van der Waals surface area contributed by atoms with Crippen LogP contribution in [0.1, 0.15) is 32.3 Å². The van der Waals surface area contributed by atoms with Crippen LogP contribution in [-0.4, -0.2) is 49.6 Å². The van der Waals surface area contributed by atoms with E-state index in [0.717, 1.165) is 5.56 Å². The average molecular weight is 487 g/mol. The first-order valence-electron chi connectivity index (χ1n) is 11.2. The minimum atomic E-state index is -3.70. The number of benzene rings is 2. The van der Waals surface area contributed by atoms with E-state index >= 15 is 0 Å². The van der Waals surface area contributed by atoms with Gasteiger partial charge in [0.2, 0.25) is 27.7 Å². The fraction of sp³-hybridized carbons (Fsp3) is 0.375. The third-order valence-corrected chi connectivity index (χ3v) is 7.61. The molecule has 3 rings (SSSR count). The molecule has 10 heteroatoms. The van der Waals surface area contributed by atoms with Crippen LogP contribution in [0.25, 0.3) is 0 Å². The molecule has 1 aliphatic rings. The summed E-state index contributed by atoms with van der Waals surface area (Å²) in [5.74, 6) is -1.13. The Bertz CT molecular complexity index is 1110. The molecule has 0 aliphatic carbocycles. The van der Waals surface area contributed by atoms with Crippen LogP contribution in [0.5, 0.6) is 0 Å². The topological polar surface area (TPSA) is 125 Å². The molecule has 34 heavy (non-hydrogen) atoms. The number of anilines is 1. The van der Waals surface area contributed by atoms with Gasteiger partial charge in [0.15, 0.2) is 0 Å². The largest absolute Gasteiger partial charge is 0.350 e. The number of carbonyl (C=O) groups is 3. The van der Waals surface area contributed by atoms with E-state index in [4.69, 9.17) is 0 Å². The minimum absolute atomic E-state index is 0.133. The van der Waals surface area contributed by atoms with E-state index < -0.39 is 16.1 Å². The fourth-order valence-electron chi connectivity index (χ4n) is 3.76. The summed E-state index contributed by atoms with van der Waals surface area (Å²) in [4.78, 5) is 36.2. The molecule has 2 aromatic carbocycles. The molecule has 0 spiro atoms. The molecule has 1 fully saturated rings. The normalized spacial score (nSPS) is 15.8. The maximum Gasteiger partial charge on any atom is 0.243 e. The smallest absolute Gasteiger partial charge is 0.243 e. The SMILES string of the molecule is CC(=O)Nc1ccc(S(=O)(=O)N2CCC(C(=O)N[C@H](C)C(=O)NCc3ccccc3)CC2)cc1. The minimum Gasteiger partial charge on any atom is -0.350 e. The third kappa shape index (κ3) is 6.64. The van der Waals surface area contributed by atoms with Gasteiger partial charge >= 0.3 is 0 Å². The lowest BCUT2D eigenvalue weighted by molar-refractivity contribution is -0.131. The molecule has 1 saturated heterocycles. The van der Waals surface area contributed by atoms with E-state index in [1.165, 1.54) is 23.4 Å². The first-order chi connectivity index (χ1) is 16.2. The van der Waals surface area contributed by atoms with Crippen LogP contribution in [-0.2, 0) is 31.0 Å². The number of hydrogen-bond donors (Lipinski definition) is 3. The number of rotatable bonds is 8. The molecule has 0 bridgehead atoms. The van der Waals surface area contributed by atoms with Crippen molar-refractivity contribution in [1.82, 2.24) is 14.9 Å². The van der Waals surface area contributed by atoms with Gasteiger partial charge in [-0.1, -0.05) is 30.3 Å². The van der Waals surface area contributed by atoms with Gasteiger partial charge in [-0.2, -0.15) is 4.31 Å². The van der Waals surface area contributed by atoms with Crippen molar-refractivity contribution >= 4 is 33.4 Å². The molecule has 2 aromatic rings. The van der Waals surface area contributed by atoms with Crippen molar-refractivity contribution in [3.05, 3.63) is 60.2 Å². The summed E-state index contributed by atoms with van der Waals surface area (Å²) >= 11 is 0. The van der Waals surface area contributed by atoms with Crippen LogP contribution in [0.4, 0.5) is 5.69 Å². The van der Waals surface area contributed by atoms with E-state index in [-0.39, 0.29) is 41.6 Å². The Hall–Kier alpha value is -3.24. The number of hydrogen-bond acceptors (Lipinski definition) is 5. The van der Waals surface area contributed by atoms with E-state index in [9.17, 15) is 22.8 Å². The summed E-state index contributed by atoms with van der Waals surface area (Å²) in [6.45, 7) is 3.80. The predicted molar refractivity (Wildman–Crippen MR) is 128 cm³/mol. The second-order valence-corrected chi connectivity index (χ2v) is 10.3. The van der Waals surface area contributed by atoms with Crippen LogP contribution < -0.4 is 16.0 Å². The zero-order chi connectivity index (χ0) is 24.7. The van der Waals surface area contributed by atoms with Gasteiger partial charge in [-0.3, -0.25) is 14.4 Å². The Morgan fingerprint density at radius 3 is 2.21 bits per heavy atom. The van der Waals surface area contributed by atoms with Gasteiger partial charge in [-0.25, -0.2) is 8.42 Å². The van der Waals surface area contributed by atoms with Gasteiger partial charge < -0.3 is 16.0 Å². The number of amides is 3. The van der Waals surface area contributed by atoms with Gasteiger partial charge in [0.1, 0.15) is 6.04 Å². The monoisotopic (exact) mass is 486 g/mol. The van der Waals surface area contributed by atoms with Crippen LogP contribution in [0.3, 0.4) is 0 Å². The molecule has 182 valence electrons. The zero-order valence-corrected chi connectivity index (χ0v) is 20.1. The highest BCUT2D eigenvalue weighted by Gasteiger charge is 2.33. The summed E-state index contributed by atoms with van der Waals surface area (Å²) in [7, 11) is -3.70. The molecule has 0 radical (unpaired) electrons. The Morgan fingerprint density at radius 2 is 1.62 bits per heavy atom. The molecular weight excluding hydrogens is 456 g/mol. The number of nitrogens with one attached hydrogen (secondary N) is 3. The Balaban J connectivity index is 1.49. The van der Waals surface area contributed by atoms with Crippen LogP contribution in [0, 0.1) is 5.92 Å². The molecule has 0 aromatic heterocycles. The average Bonchev–Trinajstić information content (AvgIpc) is 2.83. The highest BCUT2D eigenvalue weighted by atomic mass is 32.2. The number of sulfonamides is 1. The van der Waals surface area contributed by atoms with Gasteiger partial charge in [0.25, 0.3) is 0 Å². The molecule has 9 nitrogen and oxygen atoms in total. The lowest BCUT2D eigenvalue weighted by Gasteiger charge is -2.31. The molecule has 0 saturated carbocycles. The number of carbonyl (C=O) groups excluding carboxylic acids is 3. The second-order valence-electron chi connectivity index (χ2n) is 8.32. The molecule has 0 unspecified atom stereocenters. The van der Waals surface area contributed by atoms with E-state index in [2.05, 4.69) is 16.0 Å². The van der Waals surface area contributed by atoms with Crippen molar-refractivity contribution in [2.75, 3.05) is 18.4 Å². The van der Waals surface area contributed by atoms with Crippen molar-refractivity contribution < 1.29 is 22.8 Å². The van der Waals surface area contributed by atoms with E-state index in [1.807, 2.05) is 30.3 Å². The van der Waals surface area contributed by atoms with Crippen molar-refractivity contribution in [1.29, 1.82) is 0 Å². The van der Waals surface area contributed by atoms with Gasteiger partial charge in [-0.15, -0.1) is 0 Å². The lowest BCUT2D eigenvalue weighted by atomic mass is 9.97. The van der Waals surface area contributed by atoms with E-state index in [0.29, 0.717) is 25.1 Å². The predicted octanol–water partition coefficient (Wildman–Crippen LogP) is 1.87. The molecule has 1 atom stereocenters. The zero-order valence-electron chi connectivity index (χ0n) is 19.3. The third-order valence-electron chi connectivity index (χ3n) is 5.70. The summed E-state index contributed by atoms with van der Waals surface area (Å²) < 4.78 is 27.2. The maximum absolute atomic E-state index is 12.9. The second kappa shape index (κ2) is 11.3. The Labute approximate surface area is 200 Å². The first kappa shape index (κ1) is 25.4. The van der Waals surface area contributed by atoms with Crippen molar-refractivity contribution in [2.24, 2.45) is 5.92 Å². The summed E-state index contributed by atoms with van der Waals surface area (Å²) in [5.41, 5.74) is 1.48. The van der Waals surface area contributed by atoms with Crippen LogP contribution >= 0.6 is 0 Å². The van der Waals surface area contributed by atoms with Gasteiger partial charge in [-0.05, 0) is 49.6 Å². The Kier molecular flexibility index (Phi) is 8.41. The molecule has 3 amide bonds. The van der Waals surface area contributed by atoms with E-state index in [1.54, 1.807) is 19.1 Å². The highest BCUT2D eigenvalue weighted by molar-refractivity contribution is 7.89. The standard InChI is InChI=1S/C24H30N4O5S/c1-17(23(30)25-16-19-6-4-3-5-7-19)26-24(31)20-12-14-28(15-13-20)34(32,33)22-10-8-21(9-11-22)27-18(2)29/h3-11,17,20H,12-16H2,1-2H3,(H,25,30)(H,26,31)(H,27,29)/t17-/m1/s1. The first-order valence-corrected chi connectivity index (χ1v) is 12.6. The van der Waals surface area contributed by atoms with Crippen LogP contribution in [0.15, 0.2) is 59.5 Å². The summed E-state index contributed by atoms with van der Waals surface area (Å²) in [6, 6.07) is 14.8. The van der Waals surface area contributed by atoms with Crippen LogP contribution in [0.2, 0.25) is 0 Å². The number of piperidine rings is 1. The van der Waals surface area contributed by atoms with Gasteiger partial charge in [0, 0.05) is 38.2 Å². The van der Waals surface area contributed by atoms with Gasteiger partial charge in [0.05, 0.1) is 4.90 Å². The fourth-order valence-corrected chi connectivity index (χ4v) is 5.23. The summed E-state index contributed by atoms with van der Waals surface area (Å²) in [5, 5.41) is 8.14. The van der Waals surface area contributed by atoms with Crippen molar-refractivity contribution in [2.45, 2.75) is 44.2 Å².